The van der Waals surface area contributed by atoms with E-state index in [1.807, 2.05) is 0 Å². The predicted molar refractivity (Wildman–Crippen MR) is 113 cm³/mol. The van der Waals surface area contributed by atoms with E-state index in [-0.39, 0.29) is 0 Å². The summed E-state index contributed by atoms with van der Waals surface area (Å²) in [6, 6.07) is 13.7. The third kappa shape index (κ3) is 2.22. The van der Waals surface area contributed by atoms with Gasteiger partial charge in [-0.25, -0.2) is 0 Å². The lowest BCUT2D eigenvalue weighted by atomic mass is 9.88. The van der Waals surface area contributed by atoms with E-state index < -0.39 is 0 Å². The maximum Gasteiger partial charge on any atom is -0.00882 e. The van der Waals surface area contributed by atoms with Crippen molar-refractivity contribution in [2.24, 2.45) is 0 Å². The second-order valence-electron chi connectivity index (χ2n) is 7.51. The van der Waals surface area contributed by atoms with Crippen molar-refractivity contribution in [3.05, 3.63) is 101 Å². The fourth-order valence-electron chi connectivity index (χ4n) is 4.47. The first-order valence-corrected chi connectivity index (χ1v) is 9.42. The van der Waals surface area contributed by atoms with E-state index in [0.717, 1.165) is 12.8 Å². The number of allylic oxidation sites excluding steroid dienone is 9. The lowest BCUT2D eigenvalue weighted by molar-refractivity contribution is 1.36. The standard InChI is InChI=1S/C26H22/c1-17(2)26-21-14-8-7-13-20(21)24-15-22(18-9-3-4-10-18)23(16-25(24)26)19-11-5-6-12-19/h3-9,11,13-16H,10,12H2,1-2H3. The van der Waals surface area contributed by atoms with Crippen LogP contribution in [0.4, 0.5) is 0 Å². The SMILES string of the molecule is CC(C)=C1c2ccccc2-c2cc(C3=CC=CC3)c(C3=CC=CC3)cc21. The Hall–Kier alpha value is -2.86. The first-order valence-electron chi connectivity index (χ1n) is 9.42. The van der Waals surface area contributed by atoms with Crippen LogP contribution in [-0.4, -0.2) is 0 Å². The minimum Gasteiger partial charge on any atom is -0.0801 e. The molecule has 0 heteroatoms. The fourth-order valence-corrected chi connectivity index (χ4v) is 4.47. The van der Waals surface area contributed by atoms with Crippen LogP contribution in [0, 0.1) is 0 Å². The molecule has 0 saturated heterocycles. The molecule has 5 rings (SSSR count). The average molecular weight is 334 g/mol. The molecule has 0 N–H and O–H groups in total. The van der Waals surface area contributed by atoms with Crippen LogP contribution in [0.5, 0.6) is 0 Å². The molecule has 0 radical (unpaired) electrons. The average Bonchev–Trinajstić information content (AvgIpc) is 3.39. The zero-order valence-corrected chi connectivity index (χ0v) is 15.3. The highest BCUT2D eigenvalue weighted by Gasteiger charge is 2.27. The molecule has 2 aromatic rings. The third-order valence-electron chi connectivity index (χ3n) is 5.65. The van der Waals surface area contributed by atoms with Crippen LogP contribution in [0.25, 0.3) is 27.8 Å². The molecule has 26 heavy (non-hydrogen) atoms. The molecule has 0 bridgehead atoms. The monoisotopic (exact) mass is 334 g/mol. The molecule has 3 aliphatic carbocycles. The molecule has 0 aliphatic heterocycles. The zero-order valence-electron chi connectivity index (χ0n) is 15.3. The van der Waals surface area contributed by atoms with Crippen molar-refractivity contribution in [3.8, 4) is 11.1 Å². The first kappa shape index (κ1) is 15.4. The van der Waals surface area contributed by atoms with Gasteiger partial charge in [0, 0.05) is 0 Å². The van der Waals surface area contributed by atoms with Crippen molar-refractivity contribution in [1.29, 1.82) is 0 Å². The van der Waals surface area contributed by atoms with Crippen LogP contribution in [0.15, 0.2) is 78.4 Å². The second-order valence-corrected chi connectivity index (χ2v) is 7.51. The fraction of sp³-hybridized carbons (Fsp3) is 0.154. The lowest BCUT2D eigenvalue weighted by Gasteiger charge is -2.16. The van der Waals surface area contributed by atoms with E-state index in [0.29, 0.717) is 0 Å². The highest BCUT2D eigenvalue weighted by molar-refractivity contribution is 6.04. The van der Waals surface area contributed by atoms with Crippen LogP contribution in [-0.2, 0) is 0 Å². The summed E-state index contributed by atoms with van der Waals surface area (Å²) in [4.78, 5) is 0. The summed E-state index contributed by atoms with van der Waals surface area (Å²) in [5, 5.41) is 0. The molecular formula is C26H22. The Kier molecular flexibility index (Phi) is 3.46. The van der Waals surface area contributed by atoms with Gasteiger partial charge in [-0.15, -0.1) is 0 Å². The van der Waals surface area contributed by atoms with Crippen molar-refractivity contribution >= 4 is 16.7 Å². The van der Waals surface area contributed by atoms with Gasteiger partial charge in [0.15, 0.2) is 0 Å². The molecule has 0 fully saturated rings. The van der Waals surface area contributed by atoms with Gasteiger partial charge >= 0.3 is 0 Å². The minimum absolute atomic E-state index is 1.03. The van der Waals surface area contributed by atoms with Crippen molar-refractivity contribution in [2.45, 2.75) is 26.7 Å². The second kappa shape index (κ2) is 5.85. The Labute approximate surface area is 155 Å². The van der Waals surface area contributed by atoms with Gasteiger partial charge in [0.25, 0.3) is 0 Å². The number of rotatable bonds is 2. The smallest absolute Gasteiger partial charge is 0.00882 e. The summed E-state index contributed by atoms with van der Waals surface area (Å²) < 4.78 is 0. The predicted octanol–water partition coefficient (Wildman–Crippen LogP) is 7.20. The molecule has 0 heterocycles. The van der Waals surface area contributed by atoms with Gasteiger partial charge in [-0.1, -0.05) is 66.3 Å². The highest BCUT2D eigenvalue weighted by atomic mass is 14.3. The van der Waals surface area contributed by atoms with Gasteiger partial charge in [-0.2, -0.15) is 0 Å². The van der Waals surface area contributed by atoms with Crippen molar-refractivity contribution in [3.63, 3.8) is 0 Å². The van der Waals surface area contributed by atoms with Gasteiger partial charge in [0.1, 0.15) is 0 Å². The summed E-state index contributed by atoms with van der Waals surface area (Å²) in [5.74, 6) is 0. The molecule has 0 unspecified atom stereocenters. The summed E-state index contributed by atoms with van der Waals surface area (Å²) in [5.41, 5.74) is 14.0. The summed E-state index contributed by atoms with van der Waals surface area (Å²) in [6.45, 7) is 4.46. The normalized spacial score (nSPS) is 16.6. The molecule has 0 aromatic heterocycles. The summed E-state index contributed by atoms with van der Waals surface area (Å²) >= 11 is 0. The van der Waals surface area contributed by atoms with Crippen LogP contribution < -0.4 is 0 Å². The van der Waals surface area contributed by atoms with Gasteiger partial charge in [-0.3, -0.25) is 0 Å². The third-order valence-corrected chi connectivity index (χ3v) is 5.65. The highest BCUT2D eigenvalue weighted by Crippen LogP contribution is 2.48. The topological polar surface area (TPSA) is 0 Å². The minimum atomic E-state index is 1.03. The van der Waals surface area contributed by atoms with Crippen molar-refractivity contribution < 1.29 is 0 Å². The van der Waals surface area contributed by atoms with E-state index >= 15 is 0 Å². The van der Waals surface area contributed by atoms with Crippen LogP contribution in [0.1, 0.15) is 48.9 Å². The molecule has 3 aliphatic rings. The molecule has 0 amide bonds. The van der Waals surface area contributed by atoms with Crippen LogP contribution in [0.2, 0.25) is 0 Å². The largest absolute Gasteiger partial charge is 0.0801 e. The van der Waals surface area contributed by atoms with Gasteiger partial charge in [0.2, 0.25) is 0 Å². The molecule has 126 valence electrons. The van der Waals surface area contributed by atoms with E-state index in [1.165, 1.54) is 55.7 Å². The first-order chi connectivity index (χ1) is 12.7. The maximum absolute atomic E-state index is 2.45. The molecule has 0 spiro atoms. The molecule has 0 nitrogen and oxygen atoms in total. The Morgan fingerprint density at radius 2 is 1.23 bits per heavy atom. The number of benzene rings is 2. The van der Waals surface area contributed by atoms with Gasteiger partial charge in [-0.05, 0) is 88.9 Å². The number of fused-ring (bicyclic) bond motifs is 3. The number of hydrogen-bond acceptors (Lipinski definition) is 0. The van der Waals surface area contributed by atoms with Crippen LogP contribution in [0.3, 0.4) is 0 Å². The number of hydrogen-bond donors (Lipinski definition) is 0. The maximum atomic E-state index is 2.45. The van der Waals surface area contributed by atoms with E-state index in [1.54, 1.807) is 0 Å². The lowest BCUT2D eigenvalue weighted by Crippen LogP contribution is -1.95. The Balaban J connectivity index is 1.81. The van der Waals surface area contributed by atoms with E-state index in [4.69, 9.17) is 0 Å². The molecular weight excluding hydrogens is 312 g/mol. The quantitative estimate of drug-likeness (QED) is 0.465. The van der Waals surface area contributed by atoms with Crippen LogP contribution >= 0.6 is 0 Å². The molecule has 2 aromatic carbocycles. The Morgan fingerprint density at radius 3 is 1.77 bits per heavy atom. The van der Waals surface area contributed by atoms with E-state index in [2.05, 4.69) is 86.7 Å². The zero-order chi connectivity index (χ0) is 17.7. The summed E-state index contributed by atoms with van der Waals surface area (Å²) in [6.07, 6.45) is 15.5. The van der Waals surface area contributed by atoms with Crippen molar-refractivity contribution in [2.75, 3.05) is 0 Å². The Bertz CT molecular complexity index is 1080. The molecule has 0 saturated carbocycles. The van der Waals surface area contributed by atoms with Gasteiger partial charge in [0.05, 0.1) is 0 Å². The van der Waals surface area contributed by atoms with E-state index in [9.17, 15) is 0 Å². The van der Waals surface area contributed by atoms with Crippen molar-refractivity contribution in [1.82, 2.24) is 0 Å². The molecule has 0 atom stereocenters. The Morgan fingerprint density at radius 1 is 0.654 bits per heavy atom. The van der Waals surface area contributed by atoms with Gasteiger partial charge < -0.3 is 0 Å². The summed E-state index contributed by atoms with van der Waals surface area (Å²) in [7, 11) is 0.